The number of hydrogen-bond donors (Lipinski definition) is 0. The molecule has 0 N–H and O–H groups in total. The van der Waals surface area contributed by atoms with E-state index in [-0.39, 0.29) is 12.4 Å². The lowest BCUT2D eigenvalue weighted by atomic mass is 9.97. The Morgan fingerprint density at radius 3 is 1.94 bits per heavy atom. The van der Waals surface area contributed by atoms with Gasteiger partial charge in [0.05, 0.1) is 6.10 Å². The van der Waals surface area contributed by atoms with Crippen molar-refractivity contribution in [1.82, 2.24) is 0 Å². The molecule has 0 bridgehead atoms. The summed E-state index contributed by atoms with van der Waals surface area (Å²) in [6.45, 7) is 8.40. The summed E-state index contributed by atoms with van der Waals surface area (Å²) in [4.78, 5) is 0. The van der Waals surface area contributed by atoms with E-state index in [1.165, 1.54) is 5.56 Å². The first-order valence-electron chi connectivity index (χ1n) is 5.83. The Labute approximate surface area is 98.6 Å². The van der Waals surface area contributed by atoms with Crippen LogP contribution in [-0.4, -0.2) is 13.2 Å². The van der Waals surface area contributed by atoms with E-state index < -0.39 is 0 Å². The van der Waals surface area contributed by atoms with Crippen LogP contribution in [0.5, 0.6) is 0 Å². The average molecular weight is 222 g/mol. The van der Waals surface area contributed by atoms with Gasteiger partial charge in [0.1, 0.15) is 0 Å². The van der Waals surface area contributed by atoms with Crippen molar-refractivity contribution in [1.29, 1.82) is 0 Å². The predicted molar refractivity (Wildman–Crippen MR) is 66.5 cm³/mol. The van der Waals surface area contributed by atoms with Gasteiger partial charge in [-0.25, -0.2) is 0 Å². The highest BCUT2D eigenvalue weighted by atomic mass is 16.7. The minimum atomic E-state index is -0.265. The Balaban J connectivity index is 2.99. The molecule has 16 heavy (non-hydrogen) atoms. The van der Waals surface area contributed by atoms with Gasteiger partial charge >= 0.3 is 0 Å². The van der Waals surface area contributed by atoms with E-state index >= 15 is 0 Å². The maximum atomic E-state index is 5.75. The fraction of sp³-hybridized carbons (Fsp3) is 0.571. The molecule has 0 fully saturated rings. The van der Waals surface area contributed by atoms with E-state index in [4.69, 9.17) is 9.47 Å². The van der Waals surface area contributed by atoms with Crippen LogP contribution in [0.4, 0.5) is 0 Å². The van der Waals surface area contributed by atoms with Crippen molar-refractivity contribution >= 4 is 0 Å². The highest BCUT2D eigenvalue weighted by molar-refractivity contribution is 5.30. The van der Waals surface area contributed by atoms with Crippen molar-refractivity contribution in [2.75, 3.05) is 7.11 Å². The summed E-state index contributed by atoms with van der Waals surface area (Å²) in [5.41, 5.74) is 2.42. The topological polar surface area (TPSA) is 18.5 Å². The number of methoxy groups -OCH3 is 1. The largest absolute Gasteiger partial charge is 0.352 e. The second-order valence-electron chi connectivity index (χ2n) is 4.54. The van der Waals surface area contributed by atoms with Crippen molar-refractivity contribution in [2.24, 2.45) is 0 Å². The monoisotopic (exact) mass is 222 g/mol. The second-order valence-corrected chi connectivity index (χ2v) is 4.54. The molecule has 2 heteroatoms. The average Bonchev–Trinajstić information content (AvgIpc) is 2.25. The van der Waals surface area contributed by atoms with Gasteiger partial charge in [0.25, 0.3) is 0 Å². The molecule has 0 amide bonds. The van der Waals surface area contributed by atoms with Crippen LogP contribution in [0.25, 0.3) is 0 Å². The number of benzene rings is 1. The molecule has 0 saturated heterocycles. The van der Waals surface area contributed by atoms with Crippen LogP contribution in [0.1, 0.15) is 51.0 Å². The van der Waals surface area contributed by atoms with E-state index in [9.17, 15) is 0 Å². The zero-order chi connectivity index (χ0) is 12.1. The molecule has 2 nitrogen and oxygen atoms in total. The Morgan fingerprint density at radius 1 is 0.938 bits per heavy atom. The maximum Gasteiger partial charge on any atom is 0.184 e. The van der Waals surface area contributed by atoms with Crippen LogP contribution >= 0.6 is 0 Å². The highest BCUT2D eigenvalue weighted by Crippen LogP contribution is 2.28. The van der Waals surface area contributed by atoms with Gasteiger partial charge in [0, 0.05) is 12.7 Å². The van der Waals surface area contributed by atoms with Crippen molar-refractivity contribution in [3.05, 3.63) is 35.4 Å². The van der Waals surface area contributed by atoms with Crippen LogP contribution in [0.2, 0.25) is 0 Å². The van der Waals surface area contributed by atoms with E-state index in [2.05, 4.69) is 32.0 Å². The van der Waals surface area contributed by atoms with Crippen LogP contribution in [-0.2, 0) is 9.47 Å². The molecule has 1 aromatic carbocycles. The molecule has 0 saturated carbocycles. The van der Waals surface area contributed by atoms with E-state index in [1.807, 2.05) is 19.9 Å². The molecule has 1 rings (SSSR count). The van der Waals surface area contributed by atoms with Gasteiger partial charge < -0.3 is 9.47 Å². The third-order valence-corrected chi connectivity index (χ3v) is 2.48. The molecule has 0 heterocycles. The molecular formula is C14H22O2. The molecule has 1 unspecified atom stereocenters. The highest BCUT2D eigenvalue weighted by Gasteiger charge is 2.17. The summed E-state index contributed by atoms with van der Waals surface area (Å²) >= 11 is 0. The zero-order valence-electron chi connectivity index (χ0n) is 10.9. The van der Waals surface area contributed by atoms with Gasteiger partial charge in [0.2, 0.25) is 0 Å². The number of rotatable bonds is 5. The van der Waals surface area contributed by atoms with Crippen LogP contribution in [0, 0.1) is 0 Å². The predicted octanol–water partition coefficient (Wildman–Crippen LogP) is 3.88. The summed E-state index contributed by atoms with van der Waals surface area (Å²) in [7, 11) is 1.68. The quantitative estimate of drug-likeness (QED) is 0.704. The number of hydrogen-bond acceptors (Lipinski definition) is 2. The van der Waals surface area contributed by atoms with Crippen molar-refractivity contribution in [3.8, 4) is 0 Å². The van der Waals surface area contributed by atoms with E-state index in [0.29, 0.717) is 5.92 Å². The van der Waals surface area contributed by atoms with Crippen molar-refractivity contribution in [2.45, 2.75) is 46.0 Å². The molecule has 0 aliphatic heterocycles. The smallest absolute Gasteiger partial charge is 0.184 e. The summed E-state index contributed by atoms with van der Waals surface area (Å²) in [5.74, 6) is 0.476. The second kappa shape index (κ2) is 6.02. The number of ether oxygens (including phenoxy) is 2. The lowest BCUT2D eigenvalue weighted by molar-refractivity contribution is -0.151. The Kier molecular flexibility index (Phi) is 4.97. The van der Waals surface area contributed by atoms with Crippen LogP contribution < -0.4 is 0 Å². The Bertz CT molecular complexity index is 318. The molecule has 0 aliphatic carbocycles. The molecule has 0 radical (unpaired) electrons. The van der Waals surface area contributed by atoms with Gasteiger partial charge in [-0.05, 0) is 25.3 Å². The van der Waals surface area contributed by atoms with Crippen molar-refractivity contribution < 1.29 is 9.47 Å². The van der Waals surface area contributed by atoms with Crippen molar-refractivity contribution in [3.63, 3.8) is 0 Å². The van der Waals surface area contributed by atoms with Gasteiger partial charge in [0.15, 0.2) is 6.29 Å². The summed E-state index contributed by atoms with van der Waals surface area (Å²) in [5, 5.41) is 0. The summed E-state index contributed by atoms with van der Waals surface area (Å²) < 4.78 is 11.2. The normalized spacial score (nSPS) is 13.4. The summed E-state index contributed by atoms with van der Waals surface area (Å²) in [6, 6.07) is 8.29. The van der Waals surface area contributed by atoms with E-state index in [0.717, 1.165) is 5.56 Å². The lowest BCUT2D eigenvalue weighted by Crippen LogP contribution is -2.14. The maximum absolute atomic E-state index is 5.75. The lowest BCUT2D eigenvalue weighted by Gasteiger charge is -2.23. The fourth-order valence-corrected chi connectivity index (χ4v) is 1.75. The fourth-order valence-electron chi connectivity index (χ4n) is 1.75. The Hall–Kier alpha value is -0.860. The zero-order valence-corrected chi connectivity index (χ0v) is 10.9. The minimum absolute atomic E-state index is 0.158. The molecule has 0 spiro atoms. The molecule has 1 aromatic rings. The third-order valence-electron chi connectivity index (χ3n) is 2.48. The van der Waals surface area contributed by atoms with Crippen LogP contribution in [0.3, 0.4) is 0 Å². The first-order valence-corrected chi connectivity index (χ1v) is 5.83. The standard InChI is InChI=1S/C14H22O2/c1-10(2)12-8-6-7-9-13(12)14(15-5)16-11(3)4/h6-11,14H,1-5H3. The van der Waals surface area contributed by atoms with Gasteiger partial charge in [-0.1, -0.05) is 38.1 Å². The third kappa shape index (κ3) is 3.32. The van der Waals surface area contributed by atoms with Gasteiger partial charge in [-0.2, -0.15) is 0 Å². The SMILES string of the molecule is COC(OC(C)C)c1ccccc1C(C)C. The molecular weight excluding hydrogens is 200 g/mol. The molecule has 90 valence electrons. The van der Waals surface area contributed by atoms with E-state index in [1.54, 1.807) is 7.11 Å². The molecule has 0 aliphatic rings. The van der Waals surface area contributed by atoms with Gasteiger partial charge in [-0.15, -0.1) is 0 Å². The molecule has 0 aromatic heterocycles. The summed E-state index contributed by atoms with van der Waals surface area (Å²) in [6.07, 6.45) is -0.108. The Morgan fingerprint density at radius 2 is 1.50 bits per heavy atom. The van der Waals surface area contributed by atoms with Gasteiger partial charge in [-0.3, -0.25) is 0 Å². The first-order chi connectivity index (χ1) is 7.56. The minimum Gasteiger partial charge on any atom is -0.352 e. The molecule has 1 atom stereocenters. The van der Waals surface area contributed by atoms with Crippen LogP contribution in [0.15, 0.2) is 24.3 Å². The first kappa shape index (κ1) is 13.2.